The number of carbonyl (C=O) groups excluding carboxylic acids is 1. The standard InChI is InChI=1S/C13H19NO5.C2HF3O2/c14-9(7-4-2-1-3-5-7)13-12(18)11(17)10(16)8(6-15)19-13;3-2(4,5)1(6)7/h1-5,8-13,15-18H,6,14H2;(H,6,7)/t8-,9-,10-,11+,12-,13+;/m1./s1. The second kappa shape index (κ2) is 9.26. The Kier molecular flexibility index (Phi) is 7.93. The van der Waals surface area contributed by atoms with Crippen LogP contribution in [-0.2, 0) is 9.53 Å². The number of carboxylic acids is 1. The lowest BCUT2D eigenvalue weighted by molar-refractivity contribution is -0.461. The number of hydrogen-bond acceptors (Lipinski definition) is 7. The van der Waals surface area contributed by atoms with Gasteiger partial charge in [-0.05, 0) is 0 Å². The summed E-state index contributed by atoms with van der Waals surface area (Å²) in [7, 11) is 0. The number of aliphatic hydroxyl groups is 4. The van der Waals surface area contributed by atoms with Crippen molar-refractivity contribution in [3.8, 4) is 0 Å². The highest BCUT2D eigenvalue weighted by Gasteiger charge is 2.47. The molecule has 0 bridgehead atoms. The zero-order valence-corrected chi connectivity index (χ0v) is 13.4. The van der Waals surface area contributed by atoms with Crippen LogP contribution in [0.5, 0.6) is 0 Å². The molecule has 26 heavy (non-hydrogen) atoms. The van der Waals surface area contributed by atoms with E-state index >= 15 is 0 Å². The van der Waals surface area contributed by atoms with Gasteiger partial charge in [0, 0.05) is 5.56 Å². The van der Waals surface area contributed by atoms with Gasteiger partial charge in [-0.25, -0.2) is 0 Å². The van der Waals surface area contributed by atoms with Gasteiger partial charge in [0.05, 0.1) is 6.61 Å². The molecule has 0 radical (unpaired) electrons. The van der Waals surface area contributed by atoms with Gasteiger partial charge >= 0.3 is 6.18 Å². The molecule has 0 saturated carbocycles. The van der Waals surface area contributed by atoms with Gasteiger partial charge in [-0.3, -0.25) is 0 Å². The molecule has 8 nitrogen and oxygen atoms in total. The predicted molar refractivity (Wildman–Crippen MR) is 76.9 cm³/mol. The van der Waals surface area contributed by atoms with Crippen molar-refractivity contribution in [2.45, 2.75) is 42.7 Å². The summed E-state index contributed by atoms with van der Waals surface area (Å²) in [5.74, 6) is -3.01. The van der Waals surface area contributed by atoms with E-state index in [-0.39, 0.29) is 0 Å². The maximum absolute atomic E-state index is 10.5. The second-order valence-corrected chi connectivity index (χ2v) is 5.60. The third-order valence-electron chi connectivity index (χ3n) is 3.78. The Morgan fingerprint density at radius 2 is 1.65 bits per heavy atom. The number of alkyl halides is 3. The maximum atomic E-state index is 10.5. The van der Waals surface area contributed by atoms with E-state index in [9.17, 15) is 28.5 Å². The minimum atomic E-state index is -5.19. The number of quaternary nitrogens is 1. The minimum Gasteiger partial charge on any atom is -0.542 e. The molecule has 0 amide bonds. The van der Waals surface area contributed by atoms with Crippen LogP contribution in [0.1, 0.15) is 11.6 Å². The van der Waals surface area contributed by atoms with E-state index < -0.39 is 55.3 Å². The highest BCUT2D eigenvalue weighted by molar-refractivity contribution is 5.70. The molecule has 1 fully saturated rings. The van der Waals surface area contributed by atoms with Gasteiger partial charge in [0.25, 0.3) is 0 Å². The SMILES string of the molecule is O=C([O-])C(F)(F)F.[NH3+][C@H](c1ccccc1)[C@@H]1O[C@H](CO)[C@@H](O)[C@H](O)[C@H]1O. The number of aliphatic hydroxyl groups excluding tert-OH is 4. The van der Waals surface area contributed by atoms with Gasteiger partial charge in [-0.15, -0.1) is 0 Å². The van der Waals surface area contributed by atoms with Gasteiger partial charge in [-0.1, -0.05) is 30.3 Å². The minimum absolute atomic E-state index is 0.410. The molecule has 1 aromatic rings. The van der Waals surface area contributed by atoms with Crippen molar-refractivity contribution in [2.24, 2.45) is 0 Å². The first-order valence-electron chi connectivity index (χ1n) is 7.47. The number of benzene rings is 1. The molecular weight excluding hydrogens is 363 g/mol. The lowest BCUT2D eigenvalue weighted by atomic mass is 9.89. The van der Waals surface area contributed by atoms with Crippen LogP contribution in [0.15, 0.2) is 30.3 Å². The molecule has 1 aromatic carbocycles. The number of halogens is 3. The molecule has 11 heteroatoms. The van der Waals surface area contributed by atoms with Crippen molar-refractivity contribution < 1.29 is 54.0 Å². The number of ether oxygens (including phenoxy) is 1. The van der Waals surface area contributed by atoms with Crippen LogP contribution >= 0.6 is 0 Å². The summed E-state index contributed by atoms with van der Waals surface area (Å²) < 4.78 is 37.0. The summed E-state index contributed by atoms with van der Waals surface area (Å²) in [5.41, 5.74) is 4.80. The molecule has 0 unspecified atom stereocenters. The number of carboxylic acid groups (broad SMARTS) is 1. The molecule has 0 aliphatic carbocycles. The quantitative estimate of drug-likeness (QED) is 0.375. The normalized spacial score (nSPS) is 30.1. The Morgan fingerprint density at radius 1 is 1.15 bits per heavy atom. The van der Waals surface area contributed by atoms with Gasteiger partial charge in [0.2, 0.25) is 0 Å². The molecule has 1 heterocycles. The van der Waals surface area contributed by atoms with Crippen LogP contribution < -0.4 is 10.8 Å². The average molecular weight is 383 g/mol. The van der Waals surface area contributed by atoms with Crippen molar-refractivity contribution in [3.05, 3.63) is 35.9 Å². The van der Waals surface area contributed by atoms with E-state index in [1.807, 2.05) is 30.3 Å². The van der Waals surface area contributed by atoms with Gasteiger partial charge < -0.3 is 40.8 Å². The smallest absolute Gasteiger partial charge is 0.430 e. The summed E-state index contributed by atoms with van der Waals surface area (Å²) in [4.78, 5) is 8.78. The summed E-state index contributed by atoms with van der Waals surface area (Å²) in [5, 5.41) is 47.4. The second-order valence-electron chi connectivity index (χ2n) is 5.60. The zero-order valence-electron chi connectivity index (χ0n) is 13.4. The molecule has 1 aliphatic heterocycles. The highest BCUT2D eigenvalue weighted by Crippen LogP contribution is 2.27. The van der Waals surface area contributed by atoms with Gasteiger partial charge in [0.15, 0.2) is 0 Å². The van der Waals surface area contributed by atoms with E-state index in [0.29, 0.717) is 0 Å². The largest absolute Gasteiger partial charge is 0.542 e. The van der Waals surface area contributed by atoms with E-state index in [4.69, 9.17) is 19.7 Å². The average Bonchev–Trinajstić information content (AvgIpc) is 2.60. The maximum Gasteiger partial charge on any atom is 0.430 e. The molecule has 7 N–H and O–H groups in total. The molecule has 1 saturated heterocycles. The topological polar surface area (TPSA) is 158 Å². The van der Waals surface area contributed by atoms with Crippen LogP contribution in [0.3, 0.4) is 0 Å². The van der Waals surface area contributed by atoms with E-state index in [2.05, 4.69) is 5.73 Å². The molecule has 2 rings (SSSR count). The molecular formula is C15H20F3NO7. The van der Waals surface area contributed by atoms with Crippen molar-refractivity contribution >= 4 is 5.97 Å². The van der Waals surface area contributed by atoms with Crippen LogP contribution in [0.25, 0.3) is 0 Å². The lowest BCUT2D eigenvalue weighted by Gasteiger charge is -2.41. The Hall–Kier alpha value is -1.76. The van der Waals surface area contributed by atoms with Crippen molar-refractivity contribution in [3.63, 3.8) is 0 Å². The fourth-order valence-corrected chi connectivity index (χ4v) is 2.35. The van der Waals surface area contributed by atoms with Crippen molar-refractivity contribution in [2.75, 3.05) is 6.61 Å². The number of carbonyl (C=O) groups is 1. The Bertz CT molecular complexity index is 570. The van der Waals surface area contributed by atoms with Crippen LogP contribution in [-0.4, -0.2) is 69.7 Å². The summed E-state index contributed by atoms with van der Waals surface area (Å²) in [6, 6.07) is 8.84. The Labute approximate surface area is 146 Å². The van der Waals surface area contributed by atoms with E-state index in [1.165, 1.54) is 0 Å². The Morgan fingerprint density at radius 3 is 2.08 bits per heavy atom. The van der Waals surface area contributed by atoms with Crippen LogP contribution in [0.2, 0.25) is 0 Å². The van der Waals surface area contributed by atoms with Crippen molar-refractivity contribution in [1.82, 2.24) is 0 Å². The molecule has 6 atom stereocenters. The molecule has 148 valence electrons. The third kappa shape index (κ3) is 5.62. The molecule has 0 spiro atoms. The van der Waals surface area contributed by atoms with Crippen LogP contribution in [0.4, 0.5) is 13.2 Å². The number of rotatable bonds is 3. The molecule has 1 aliphatic rings. The van der Waals surface area contributed by atoms with Crippen LogP contribution in [0, 0.1) is 0 Å². The van der Waals surface area contributed by atoms with Crippen molar-refractivity contribution in [1.29, 1.82) is 0 Å². The fraction of sp³-hybridized carbons (Fsp3) is 0.533. The summed E-state index contributed by atoms with van der Waals surface area (Å²) in [6.45, 7) is -0.428. The monoisotopic (exact) mass is 383 g/mol. The molecule has 0 aromatic heterocycles. The lowest BCUT2D eigenvalue weighted by Crippen LogP contribution is -2.68. The first-order chi connectivity index (χ1) is 12.0. The Balaban J connectivity index is 0.000000412. The van der Waals surface area contributed by atoms with Gasteiger partial charge in [-0.2, -0.15) is 13.2 Å². The first-order valence-corrected chi connectivity index (χ1v) is 7.47. The van der Waals surface area contributed by atoms with E-state index in [0.717, 1.165) is 5.56 Å². The number of hydrogen-bond donors (Lipinski definition) is 5. The zero-order chi connectivity index (χ0) is 20.1. The predicted octanol–water partition coefficient (Wildman–Crippen LogP) is -2.89. The summed E-state index contributed by atoms with van der Waals surface area (Å²) >= 11 is 0. The highest BCUT2D eigenvalue weighted by atomic mass is 19.4. The van der Waals surface area contributed by atoms with Gasteiger partial charge in [0.1, 0.15) is 42.5 Å². The number of aliphatic carboxylic acids is 1. The van der Waals surface area contributed by atoms with E-state index in [1.54, 1.807) is 0 Å². The third-order valence-corrected chi connectivity index (χ3v) is 3.78. The summed E-state index contributed by atoms with van der Waals surface area (Å²) in [6.07, 6.45) is -10.8. The first kappa shape index (κ1) is 22.3. The fourth-order valence-electron chi connectivity index (χ4n) is 2.35.